The van der Waals surface area contributed by atoms with E-state index in [2.05, 4.69) is 16.8 Å². The highest BCUT2D eigenvalue weighted by molar-refractivity contribution is 7.13. The molecule has 0 aromatic carbocycles. The number of hydrogen-bond donors (Lipinski definition) is 0. The number of rotatable bonds is 1. The Balaban J connectivity index is 1.99. The molecule has 1 fully saturated rings. The van der Waals surface area contributed by atoms with Crippen molar-refractivity contribution in [2.24, 2.45) is 5.92 Å². The normalized spacial score (nSPS) is 19.9. The molecule has 12 heavy (non-hydrogen) atoms. The molecular weight excluding hydrogens is 168 g/mol. The van der Waals surface area contributed by atoms with Crippen LogP contribution in [0.5, 0.6) is 0 Å². The lowest BCUT2D eigenvalue weighted by molar-refractivity contribution is 0.438. The summed E-state index contributed by atoms with van der Waals surface area (Å²) < 4.78 is 0. The Bertz CT molecular complexity index is 225. The van der Waals surface area contributed by atoms with Gasteiger partial charge in [0.2, 0.25) is 0 Å². The van der Waals surface area contributed by atoms with Crippen molar-refractivity contribution in [1.29, 1.82) is 0 Å². The summed E-state index contributed by atoms with van der Waals surface area (Å²) in [5, 5.41) is 3.25. The number of piperidine rings is 1. The predicted molar refractivity (Wildman–Crippen MR) is 52.7 cm³/mol. The van der Waals surface area contributed by atoms with Gasteiger partial charge >= 0.3 is 0 Å². The average molecular weight is 182 g/mol. The van der Waals surface area contributed by atoms with E-state index in [4.69, 9.17) is 0 Å². The van der Waals surface area contributed by atoms with E-state index in [1.165, 1.54) is 31.1 Å². The lowest BCUT2D eigenvalue weighted by atomic mass is 10.00. The van der Waals surface area contributed by atoms with Crippen LogP contribution in [0.3, 0.4) is 0 Å². The van der Waals surface area contributed by atoms with E-state index in [0.717, 1.165) is 5.92 Å². The van der Waals surface area contributed by atoms with Crippen LogP contribution in [0, 0.1) is 5.92 Å². The zero-order valence-electron chi connectivity index (χ0n) is 7.36. The summed E-state index contributed by atoms with van der Waals surface area (Å²) in [6, 6.07) is 0. The van der Waals surface area contributed by atoms with Crippen LogP contribution in [0.1, 0.15) is 19.8 Å². The van der Waals surface area contributed by atoms with Gasteiger partial charge in [0, 0.05) is 24.7 Å². The minimum absolute atomic E-state index is 0.904. The monoisotopic (exact) mass is 182 g/mol. The maximum absolute atomic E-state index is 4.31. The van der Waals surface area contributed by atoms with Crippen molar-refractivity contribution >= 4 is 16.5 Å². The molecule has 66 valence electrons. The highest BCUT2D eigenvalue weighted by atomic mass is 32.1. The molecule has 0 aliphatic carbocycles. The molecule has 0 atom stereocenters. The van der Waals surface area contributed by atoms with E-state index in [1.54, 1.807) is 11.3 Å². The van der Waals surface area contributed by atoms with Crippen molar-refractivity contribution in [3.05, 3.63) is 11.6 Å². The fourth-order valence-corrected chi connectivity index (χ4v) is 2.27. The number of hydrogen-bond acceptors (Lipinski definition) is 3. The Labute approximate surface area is 77.2 Å². The zero-order valence-corrected chi connectivity index (χ0v) is 8.18. The van der Waals surface area contributed by atoms with Gasteiger partial charge in [-0.25, -0.2) is 4.98 Å². The van der Waals surface area contributed by atoms with Gasteiger partial charge in [0.25, 0.3) is 0 Å². The minimum atomic E-state index is 0.904. The minimum Gasteiger partial charge on any atom is -0.348 e. The highest BCUT2D eigenvalue weighted by Gasteiger charge is 2.16. The molecule has 0 saturated carbocycles. The fourth-order valence-electron chi connectivity index (χ4n) is 1.57. The van der Waals surface area contributed by atoms with Crippen LogP contribution >= 0.6 is 11.3 Å². The Morgan fingerprint density at radius 2 is 2.25 bits per heavy atom. The summed E-state index contributed by atoms with van der Waals surface area (Å²) >= 11 is 1.75. The van der Waals surface area contributed by atoms with Crippen molar-refractivity contribution in [3.63, 3.8) is 0 Å². The van der Waals surface area contributed by atoms with Gasteiger partial charge in [-0.1, -0.05) is 6.92 Å². The van der Waals surface area contributed by atoms with Crippen LogP contribution in [0.4, 0.5) is 5.13 Å². The Kier molecular flexibility index (Phi) is 2.30. The second kappa shape index (κ2) is 3.44. The maximum atomic E-state index is 4.31. The Morgan fingerprint density at radius 3 is 2.83 bits per heavy atom. The van der Waals surface area contributed by atoms with Gasteiger partial charge in [-0.05, 0) is 18.8 Å². The third-order valence-electron chi connectivity index (χ3n) is 2.47. The highest BCUT2D eigenvalue weighted by Crippen LogP contribution is 2.23. The number of thiazole rings is 1. The third-order valence-corrected chi connectivity index (χ3v) is 3.31. The van der Waals surface area contributed by atoms with Crippen LogP contribution in [0.25, 0.3) is 0 Å². The van der Waals surface area contributed by atoms with E-state index < -0.39 is 0 Å². The van der Waals surface area contributed by atoms with Crippen molar-refractivity contribution in [1.82, 2.24) is 4.98 Å². The molecule has 2 heterocycles. The van der Waals surface area contributed by atoms with E-state index in [1.807, 2.05) is 11.6 Å². The first kappa shape index (κ1) is 8.05. The average Bonchev–Trinajstić information content (AvgIpc) is 2.58. The Morgan fingerprint density at radius 1 is 1.50 bits per heavy atom. The van der Waals surface area contributed by atoms with Crippen molar-refractivity contribution in [2.75, 3.05) is 18.0 Å². The van der Waals surface area contributed by atoms with E-state index in [9.17, 15) is 0 Å². The largest absolute Gasteiger partial charge is 0.348 e. The standard InChI is InChI=1S/C9H14N2S/c1-8-2-5-11(6-3-8)9-10-4-7-12-9/h4,7-8H,2-3,5-6H2,1H3. The molecule has 2 nitrogen and oxygen atoms in total. The first-order valence-corrected chi connectivity index (χ1v) is 5.38. The van der Waals surface area contributed by atoms with Gasteiger partial charge in [-0.2, -0.15) is 0 Å². The summed E-state index contributed by atoms with van der Waals surface area (Å²) in [7, 11) is 0. The summed E-state index contributed by atoms with van der Waals surface area (Å²) in [4.78, 5) is 6.70. The van der Waals surface area contributed by atoms with Crippen molar-refractivity contribution < 1.29 is 0 Å². The molecule has 0 bridgehead atoms. The molecule has 3 heteroatoms. The molecule has 0 N–H and O–H groups in total. The first-order valence-electron chi connectivity index (χ1n) is 4.50. The topological polar surface area (TPSA) is 16.1 Å². The van der Waals surface area contributed by atoms with Gasteiger partial charge in [0.1, 0.15) is 0 Å². The number of anilines is 1. The summed E-state index contributed by atoms with van der Waals surface area (Å²) in [6.45, 7) is 4.71. The smallest absolute Gasteiger partial charge is 0.185 e. The molecule has 1 saturated heterocycles. The zero-order chi connectivity index (χ0) is 8.39. The summed E-state index contributed by atoms with van der Waals surface area (Å²) in [6.07, 6.45) is 4.52. The van der Waals surface area contributed by atoms with Crippen LogP contribution in [0.2, 0.25) is 0 Å². The molecule has 1 aliphatic heterocycles. The van der Waals surface area contributed by atoms with Gasteiger partial charge in [0.05, 0.1) is 0 Å². The van der Waals surface area contributed by atoms with Crippen molar-refractivity contribution in [2.45, 2.75) is 19.8 Å². The van der Waals surface area contributed by atoms with Crippen LogP contribution < -0.4 is 4.90 Å². The lowest BCUT2D eigenvalue weighted by Crippen LogP contribution is -2.32. The van der Waals surface area contributed by atoms with E-state index in [0.29, 0.717) is 0 Å². The molecule has 0 spiro atoms. The second-order valence-corrected chi connectivity index (χ2v) is 4.36. The fraction of sp³-hybridized carbons (Fsp3) is 0.667. The van der Waals surface area contributed by atoms with Gasteiger partial charge in [-0.3, -0.25) is 0 Å². The SMILES string of the molecule is CC1CCN(c2nccs2)CC1. The molecule has 1 aliphatic rings. The van der Waals surface area contributed by atoms with E-state index in [-0.39, 0.29) is 0 Å². The molecule has 0 amide bonds. The number of nitrogens with zero attached hydrogens (tertiary/aromatic N) is 2. The van der Waals surface area contributed by atoms with Gasteiger partial charge in [0.15, 0.2) is 5.13 Å². The Hall–Kier alpha value is -0.570. The maximum Gasteiger partial charge on any atom is 0.185 e. The lowest BCUT2D eigenvalue weighted by Gasteiger charge is -2.29. The molecular formula is C9H14N2S. The summed E-state index contributed by atoms with van der Waals surface area (Å²) in [5.74, 6) is 0.904. The molecule has 2 rings (SSSR count). The molecule has 0 radical (unpaired) electrons. The van der Waals surface area contributed by atoms with Crippen LogP contribution in [-0.2, 0) is 0 Å². The predicted octanol–water partition coefficient (Wildman–Crippen LogP) is 2.38. The first-order chi connectivity index (χ1) is 5.86. The summed E-state index contributed by atoms with van der Waals surface area (Å²) in [5.41, 5.74) is 0. The van der Waals surface area contributed by atoms with Gasteiger partial charge < -0.3 is 4.90 Å². The van der Waals surface area contributed by atoms with E-state index >= 15 is 0 Å². The van der Waals surface area contributed by atoms with Crippen LogP contribution in [0.15, 0.2) is 11.6 Å². The quantitative estimate of drug-likeness (QED) is 0.663. The van der Waals surface area contributed by atoms with Crippen molar-refractivity contribution in [3.8, 4) is 0 Å². The number of aromatic nitrogens is 1. The molecule has 1 aromatic heterocycles. The van der Waals surface area contributed by atoms with Gasteiger partial charge in [-0.15, -0.1) is 11.3 Å². The molecule has 0 unspecified atom stereocenters. The third kappa shape index (κ3) is 1.61. The second-order valence-electron chi connectivity index (χ2n) is 3.48. The molecule has 1 aromatic rings. The van der Waals surface area contributed by atoms with Crippen LogP contribution in [-0.4, -0.2) is 18.1 Å².